The maximum absolute atomic E-state index is 14.1. The highest BCUT2D eigenvalue weighted by Gasteiger charge is 2.33. The number of carbonyl (C=O) groups is 1. The summed E-state index contributed by atoms with van der Waals surface area (Å²) in [5.41, 5.74) is -0.324. The van der Waals surface area contributed by atoms with Gasteiger partial charge in [0.2, 0.25) is 6.33 Å². The Morgan fingerprint density at radius 3 is 2.45 bits per heavy atom. The van der Waals surface area contributed by atoms with E-state index in [9.17, 15) is 28.0 Å². The quantitative estimate of drug-likeness (QED) is 0.259. The van der Waals surface area contributed by atoms with E-state index in [2.05, 4.69) is 21.1 Å². The van der Waals surface area contributed by atoms with Gasteiger partial charge in [0, 0.05) is 13.1 Å². The summed E-state index contributed by atoms with van der Waals surface area (Å²) in [6.45, 7) is 0.880. The van der Waals surface area contributed by atoms with Crippen molar-refractivity contribution in [3.05, 3.63) is 107 Å². The van der Waals surface area contributed by atoms with Crippen LogP contribution in [-0.4, -0.2) is 35.7 Å². The average molecular weight is 710 g/mol. The third-order valence-corrected chi connectivity index (χ3v) is 8.51. The van der Waals surface area contributed by atoms with Crippen molar-refractivity contribution < 1.29 is 39.5 Å². The smallest absolute Gasteiger partial charge is 0.416 e. The number of rotatable bonds is 7. The number of carbonyl (C=O) groups excluding carboxylic acids is 1. The summed E-state index contributed by atoms with van der Waals surface area (Å²) in [6.07, 6.45) is 6.19. The molecule has 1 aliphatic carbocycles. The van der Waals surface area contributed by atoms with Crippen molar-refractivity contribution in [2.45, 2.75) is 44.4 Å². The number of hydrogen-bond acceptors (Lipinski definition) is 4. The van der Waals surface area contributed by atoms with E-state index in [1.165, 1.54) is 34.7 Å². The number of aromatic nitrogens is 6. The monoisotopic (exact) mass is 708 g/mol. The van der Waals surface area contributed by atoms with Crippen LogP contribution in [0.5, 0.6) is 0 Å². The lowest BCUT2D eigenvalue weighted by Crippen LogP contribution is -3.00. The van der Waals surface area contributed by atoms with Crippen LogP contribution in [0, 0.1) is 17.2 Å². The van der Waals surface area contributed by atoms with E-state index >= 15 is 0 Å². The maximum atomic E-state index is 14.1. The Balaban J connectivity index is 0.00000433. The third-order valence-electron chi connectivity index (χ3n) is 8.51. The largest absolute Gasteiger partial charge is 1.00 e. The van der Waals surface area contributed by atoms with Gasteiger partial charge >= 0.3 is 6.18 Å². The highest BCUT2D eigenvalue weighted by Crippen LogP contribution is 2.32. The second-order valence-electron chi connectivity index (χ2n) is 11.7. The minimum Gasteiger partial charge on any atom is -1.00 e. The number of amides is 1. The molecule has 0 spiro atoms. The normalized spacial score (nSPS) is 16.3. The molecule has 1 N–H and O–H groups in total. The lowest BCUT2D eigenvalue weighted by atomic mass is 9.86. The first-order chi connectivity index (χ1) is 22.0. The van der Waals surface area contributed by atoms with Gasteiger partial charge < -0.3 is 22.3 Å². The maximum Gasteiger partial charge on any atom is 0.416 e. The molecule has 10 nitrogen and oxygen atoms in total. The lowest BCUT2D eigenvalue weighted by molar-refractivity contribution is -0.671. The summed E-state index contributed by atoms with van der Waals surface area (Å²) >= 11 is 0. The Kier molecular flexibility index (Phi) is 9.58. The molecule has 0 saturated heterocycles. The van der Waals surface area contributed by atoms with Gasteiger partial charge in [0.05, 0.1) is 54.1 Å². The Bertz CT molecular complexity index is 1990. The Morgan fingerprint density at radius 2 is 1.81 bits per heavy atom. The lowest BCUT2D eigenvalue weighted by Gasteiger charge is -2.28. The predicted molar refractivity (Wildman–Crippen MR) is 162 cm³/mol. The molecule has 47 heavy (non-hydrogen) atoms. The third kappa shape index (κ3) is 6.80. The minimum atomic E-state index is -4.63. The van der Waals surface area contributed by atoms with Crippen LogP contribution in [0.2, 0.25) is 0 Å². The number of nitriles is 1. The second-order valence-corrected chi connectivity index (χ2v) is 11.7. The van der Waals surface area contributed by atoms with Crippen molar-refractivity contribution in [2.24, 2.45) is 20.0 Å². The van der Waals surface area contributed by atoms with Crippen molar-refractivity contribution in [1.82, 2.24) is 29.0 Å². The van der Waals surface area contributed by atoms with E-state index in [1.54, 1.807) is 30.3 Å². The molecule has 1 saturated carbocycles. The highest BCUT2D eigenvalue weighted by atomic mass is 79.9. The molecule has 0 radical (unpaired) electrons. The van der Waals surface area contributed by atoms with Crippen LogP contribution in [0.25, 0.3) is 22.8 Å². The summed E-state index contributed by atoms with van der Waals surface area (Å²) in [5, 5.41) is 16.7. The summed E-state index contributed by atoms with van der Waals surface area (Å²) < 4.78 is 49.0. The first-order valence-corrected chi connectivity index (χ1v) is 14.9. The van der Waals surface area contributed by atoms with Crippen LogP contribution in [0.15, 0.2) is 84.3 Å². The fraction of sp³-hybridized carbons (Fsp3) is 0.303. The van der Waals surface area contributed by atoms with Crippen LogP contribution in [0.1, 0.15) is 47.2 Å². The summed E-state index contributed by atoms with van der Waals surface area (Å²) in [6, 6.07) is 14.6. The van der Waals surface area contributed by atoms with Gasteiger partial charge in [0.25, 0.3) is 11.5 Å². The molecule has 1 aliphatic rings. The number of nitrogens with zero attached hydrogens (tertiary/aromatic N) is 7. The molecule has 0 unspecified atom stereocenters. The molecule has 1 fully saturated rings. The zero-order chi connectivity index (χ0) is 32.6. The summed E-state index contributed by atoms with van der Waals surface area (Å²) in [7, 11) is 3.50. The van der Waals surface area contributed by atoms with Gasteiger partial charge in [-0.3, -0.25) is 14.3 Å². The van der Waals surface area contributed by atoms with Crippen LogP contribution >= 0.6 is 0 Å². The van der Waals surface area contributed by atoms with E-state index in [-0.39, 0.29) is 40.0 Å². The Labute approximate surface area is 279 Å². The molecule has 0 aliphatic heterocycles. The standard InChI is InChI=1S/C33H31F3N8O2.BrH/c1-40-16-17-42(21-40)20-23-6-10-25(11-7-23)39-31(45)29-30(28-14-15-38-43(28)26-12-8-22(19-37)9-13-26)41(2)44(32(29)46)27-5-3-4-24(18-27)33(34,35)36;/h3-5,8-9,12-18,21,23,25H,6-7,10-11,20H2,1-2H3;1H. The molecule has 3 heterocycles. The second kappa shape index (κ2) is 13.4. The first-order valence-electron chi connectivity index (χ1n) is 14.9. The van der Waals surface area contributed by atoms with Crippen LogP contribution in [0.4, 0.5) is 13.2 Å². The fourth-order valence-electron chi connectivity index (χ4n) is 6.23. The van der Waals surface area contributed by atoms with E-state index in [1.807, 2.05) is 30.3 Å². The molecule has 6 rings (SSSR count). The number of nitrogens with one attached hydrogen (secondary N) is 1. The Morgan fingerprint density at radius 1 is 1.09 bits per heavy atom. The van der Waals surface area contributed by atoms with Crippen molar-refractivity contribution >= 4 is 5.91 Å². The summed E-state index contributed by atoms with van der Waals surface area (Å²) in [5.74, 6) is -0.150. The molecule has 0 atom stereocenters. The Hall–Kier alpha value is -4.90. The number of benzene rings is 2. The number of hydrogen-bond donors (Lipinski definition) is 1. The zero-order valence-corrected chi connectivity index (χ0v) is 27.2. The molecule has 244 valence electrons. The minimum absolute atomic E-state index is 0. The molecule has 1 amide bonds. The highest BCUT2D eigenvalue weighted by molar-refractivity contribution is 6.00. The topological polar surface area (TPSA) is 106 Å². The van der Waals surface area contributed by atoms with Gasteiger partial charge in [-0.2, -0.15) is 23.5 Å². The zero-order valence-electron chi connectivity index (χ0n) is 25.7. The molecular formula is C33H32BrF3N8O2. The van der Waals surface area contributed by atoms with E-state index < -0.39 is 23.2 Å². The number of alkyl halides is 3. The van der Waals surface area contributed by atoms with Crippen LogP contribution in [0.3, 0.4) is 0 Å². The van der Waals surface area contributed by atoms with Gasteiger partial charge in [-0.15, -0.1) is 0 Å². The van der Waals surface area contributed by atoms with Gasteiger partial charge in [0.15, 0.2) is 0 Å². The van der Waals surface area contributed by atoms with Gasteiger partial charge in [0.1, 0.15) is 23.7 Å². The van der Waals surface area contributed by atoms with Crippen LogP contribution in [-0.2, 0) is 26.8 Å². The molecule has 5 aromatic rings. The molecule has 14 heteroatoms. The first kappa shape index (κ1) is 33.5. The fourth-order valence-corrected chi connectivity index (χ4v) is 6.23. The molecule has 2 aromatic carbocycles. The van der Waals surface area contributed by atoms with E-state index in [0.717, 1.165) is 49.0 Å². The van der Waals surface area contributed by atoms with E-state index in [4.69, 9.17) is 0 Å². The van der Waals surface area contributed by atoms with Crippen molar-refractivity contribution in [1.29, 1.82) is 5.26 Å². The van der Waals surface area contributed by atoms with Crippen molar-refractivity contribution in [3.8, 4) is 28.8 Å². The molecule has 3 aromatic heterocycles. The van der Waals surface area contributed by atoms with Gasteiger partial charge in [-0.1, -0.05) is 6.07 Å². The van der Waals surface area contributed by atoms with Gasteiger partial charge in [-0.25, -0.2) is 18.5 Å². The van der Waals surface area contributed by atoms with Crippen molar-refractivity contribution in [3.63, 3.8) is 0 Å². The number of aryl methyl sites for hydroxylation is 1. The predicted octanol–water partition coefficient (Wildman–Crippen LogP) is 1.54. The van der Waals surface area contributed by atoms with Crippen LogP contribution < -0.4 is 32.4 Å². The van der Waals surface area contributed by atoms with Gasteiger partial charge in [-0.05, 0) is 80.1 Å². The number of halogens is 4. The average Bonchev–Trinajstić information content (AvgIpc) is 3.75. The number of imidazole rings is 1. The summed E-state index contributed by atoms with van der Waals surface area (Å²) in [4.78, 5) is 28.1. The molecule has 0 bridgehead atoms. The van der Waals surface area contributed by atoms with Crippen molar-refractivity contribution in [2.75, 3.05) is 0 Å². The SMILES string of the molecule is Cn1c(-c2ccnn2-c2ccc(C#N)cc2)c(C(=O)NC2CCC(Cn3cc[n+](C)c3)CC2)c(=O)n1-c1cccc(C(F)(F)F)c1.[Br-]. The molecular weight excluding hydrogens is 677 g/mol. The van der Waals surface area contributed by atoms with E-state index in [0.29, 0.717) is 22.9 Å².